The van der Waals surface area contributed by atoms with Crippen LogP contribution in [0.3, 0.4) is 0 Å². The third-order valence-electron chi connectivity index (χ3n) is 5.29. The van der Waals surface area contributed by atoms with Gasteiger partial charge < -0.3 is 20.8 Å². The molecule has 2 aromatic rings. The number of aromatic nitrogens is 2. The monoisotopic (exact) mass is 373 g/mol. The molecule has 0 unspecified atom stereocenters. The lowest BCUT2D eigenvalue weighted by Crippen LogP contribution is -2.37. The number of amidine groups is 1. The van der Waals surface area contributed by atoms with E-state index in [0.717, 1.165) is 44.8 Å². The van der Waals surface area contributed by atoms with E-state index in [4.69, 9.17) is 10.6 Å². The summed E-state index contributed by atoms with van der Waals surface area (Å²) in [6, 6.07) is 7.08. The van der Waals surface area contributed by atoms with Crippen molar-refractivity contribution < 1.29 is 13.9 Å². The molecule has 0 spiro atoms. The van der Waals surface area contributed by atoms with Crippen LogP contribution in [0.1, 0.15) is 24.0 Å². The van der Waals surface area contributed by atoms with Crippen LogP contribution in [-0.2, 0) is 25.0 Å². The predicted octanol–water partition coefficient (Wildman–Crippen LogP) is 0.861. The number of anilines is 1. The van der Waals surface area contributed by atoms with E-state index < -0.39 is 0 Å². The van der Waals surface area contributed by atoms with E-state index >= 15 is 0 Å². The maximum Gasteiger partial charge on any atom is 0.197 e. The molecule has 144 valence electrons. The van der Waals surface area contributed by atoms with Crippen molar-refractivity contribution in [1.29, 1.82) is 0 Å². The van der Waals surface area contributed by atoms with Gasteiger partial charge in [0, 0.05) is 24.2 Å². The fraction of sp³-hybridized carbons (Fsp3) is 0.474. The largest absolute Gasteiger partial charge is 0.391 e. The zero-order valence-corrected chi connectivity index (χ0v) is 15.6. The van der Waals surface area contributed by atoms with Crippen molar-refractivity contribution in [2.45, 2.75) is 32.0 Å². The third kappa shape index (κ3) is 3.75. The Kier molecular flexibility index (Phi) is 4.98. The van der Waals surface area contributed by atoms with Crippen LogP contribution in [0.15, 0.2) is 35.6 Å². The van der Waals surface area contributed by atoms with E-state index in [2.05, 4.69) is 26.1 Å². The minimum Gasteiger partial charge on any atom is -0.391 e. The summed E-state index contributed by atoms with van der Waals surface area (Å²) >= 11 is 0. The van der Waals surface area contributed by atoms with Gasteiger partial charge in [0.15, 0.2) is 24.9 Å². The lowest BCUT2D eigenvalue weighted by Gasteiger charge is -2.20. The first-order valence-corrected chi connectivity index (χ1v) is 9.41. The van der Waals surface area contributed by atoms with Crippen LogP contribution in [0.4, 0.5) is 10.2 Å². The average Bonchev–Trinajstić information content (AvgIpc) is 3.25. The summed E-state index contributed by atoms with van der Waals surface area (Å²) in [5, 5.41) is 7.28. The molecule has 1 fully saturated rings. The lowest BCUT2D eigenvalue weighted by molar-refractivity contribution is -0.751. The molecule has 2 aliphatic heterocycles. The van der Waals surface area contributed by atoms with Crippen molar-refractivity contribution in [3.63, 3.8) is 0 Å². The summed E-state index contributed by atoms with van der Waals surface area (Å²) in [7, 11) is 2.01. The highest BCUT2D eigenvalue weighted by Gasteiger charge is 2.25. The van der Waals surface area contributed by atoms with Crippen LogP contribution >= 0.6 is 0 Å². The molecule has 2 aliphatic rings. The lowest BCUT2D eigenvalue weighted by atomic mass is 10.1. The highest BCUT2D eigenvalue weighted by molar-refractivity contribution is 5.97. The van der Waals surface area contributed by atoms with Crippen molar-refractivity contribution in [3.05, 3.63) is 47.4 Å². The van der Waals surface area contributed by atoms with Gasteiger partial charge in [-0.3, -0.25) is 0 Å². The van der Waals surface area contributed by atoms with Crippen molar-refractivity contribution in [1.82, 2.24) is 10.00 Å². The van der Waals surface area contributed by atoms with Gasteiger partial charge in [-0.1, -0.05) is 17.3 Å². The zero-order valence-electron chi connectivity index (χ0n) is 15.6. The molecule has 0 radical (unpaired) electrons. The van der Waals surface area contributed by atoms with Gasteiger partial charge in [0.25, 0.3) is 0 Å². The van der Waals surface area contributed by atoms with Gasteiger partial charge in [-0.2, -0.15) is 0 Å². The highest BCUT2D eigenvalue weighted by Crippen LogP contribution is 2.23. The topological polar surface area (TPSA) is 71.7 Å². The molecule has 1 aromatic heterocycles. The molecule has 8 heteroatoms. The second kappa shape index (κ2) is 7.56. The fourth-order valence-corrected chi connectivity index (χ4v) is 3.66. The Balaban J connectivity index is 1.43. The van der Waals surface area contributed by atoms with Gasteiger partial charge in [0.2, 0.25) is 0 Å². The Morgan fingerprint density at radius 1 is 1.33 bits per heavy atom. The SMILES string of the molecule is C[n+]1ccc2n1CCN2Cc1ccc(C(N)=NOC2CCNCC2)cc1F. The van der Waals surface area contributed by atoms with E-state index in [-0.39, 0.29) is 17.8 Å². The minimum atomic E-state index is -0.276. The van der Waals surface area contributed by atoms with Gasteiger partial charge in [0.1, 0.15) is 11.9 Å². The summed E-state index contributed by atoms with van der Waals surface area (Å²) in [6.45, 7) is 4.15. The van der Waals surface area contributed by atoms with Crippen molar-refractivity contribution in [2.75, 3.05) is 24.5 Å². The number of nitrogens with two attached hydrogens (primary N) is 1. The number of aryl methyl sites for hydroxylation is 1. The molecule has 4 rings (SSSR count). The number of nitrogens with zero attached hydrogens (tertiary/aromatic N) is 4. The summed E-state index contributed by atoms with van der Waals surface area (Å²) in [6.07, 6.45) is 3.89. The average molecular weight is 373 g/mol. The first-order chi connectivity index (χ1) is 13.1. The van der Waals surface area contributed by atoms with Gasteiger partial charge >= 0.3 is 0 Å². The molecule has 27 heavy (non-hydrogen) atoms. The summed E-state index contributed by atoms with van der Waals surface area (Å²) in [4.78, 5) is 7.68. The van der Waals surface area contributed by atoms with Gasteiger partial charge in [0.05, 0.1) is 12.6 Å². The van der Waals surface area contributed by atoms with Crippen molar-refractivity contribution in [2.24, 2.45) is 17.9 Å². The summed E-state index contributed by atoms with van der Waals surface area (Å²) in [5.41, 5.74) is 7.17. The van der Waals surface area contributed by atoms with E-state index in [9.17, 15) is 4.39 Å². The Hall–Kier alpha value is -2.61. The molecular formula is C19H26FN6O+. The maximum atomic E-state index is 14.6. The van der Waals surface area contributed by atoms with E-state index in [1.807, 2.05) is 17.9 Å². The van der Waals surface area contributed by atoms with Crippen LogP contribution in [0.5, 0.6) is 0 Å². The number of halogens is 1. The first kappa shape index (κ1) is 17.8. The number of nitrogens with one attached hydrogen (secondary N) is 1. The molecule has 3 N–H and O–H groups in total. The Labute approximate surface area is 158 Å². The van der Waals surface area contributed by atoms with Crippen LogP contribution in [-0.4, -0.2) is 36.3 Å². The van der Waals surface area contributed by atoms with Crippen molar-refractivity contribution in [3.8, 4) is 0 Å². The fourth-order valence-electron chi connectivity index (χ4n) is 3.66. The molecule has 1 saturated heterocycles. The molecule has 0 bridgehead atoms. The predicted molar refractivity (Wildman–Crippen MR) is 101 cm³/mol. The van der Waals surface area contributed by atoms with E-state index in [1.165, 1.54) is 6.07 Å². The van der Waals surface area contributed by atoms with Gasteiger partial charge in [-0.15, -0.1) is 9.36 Å². The number of rotatable bonds is 5. The molecule has 1 aromatic carbocycles. The number of fused-ring (bicyclic) bond motifs is 1. The number of oxime groups is 1. The second-order valence-electron chi connectivity index (χ2n) is 7.13. The van der Waals surface area contributed by atoms with E-state index in [1.54, 1.807) is 12.1 Å². The van der Waals surface area contributed by atoms with Gasteiger partial charge in [-0.25, -0.2) is 4.39 Å². The third-order valence-corrected chi connectivity index (χ3v) is 5.29. The molecule has 3 heterocycles. The van der Waals surface area contributed by atoms with Crippen LogP contribution in [0.25, 0.3) is 0 Å². The quantitative estimate of drug-likeness (QED) is 0.353. The van der Waals surface area contributed by atoms with Crippen LogP contribution in [0.2, 0.25) is 0 Å². The molecule has 0 amide bonds. The molecule has 0 aliphatic carbocycles. The molecule has 7 nitrogen and oxygen atoms in total. The molecule has 0 atom stereocenters. The maximum absolute atomic E-state index is 14.6. The van der Waals surface area contributed by atoms with E-state index in [0.29, 0.717) is 17.7 Å². The number of benzene rings is 1. The standard InChI is InChI=1S/C19H26FN6O/c1-24-9-6-18-25(10-11-26(18)24)13-15-3-2-14(12-17(15)20)19(21)23-27-16-4-7-22-8-5-16/h2-3,6,9,12,16,22H,4-5,7-8,10-11,13H2,1H3,(H2,21,23)/q+1. The minimum absolute atomic E-state index is 0.0710. The normalized spacial score (nSPS) is 18.0. The zero-order chi connectivity index (χ0) is 18.8. The first-order valence-electron chi connectivity index (χ1n) is 9.41. The molecule has 0 saturated carbocycles. The number of hydrogen-bond donors (Lipinski definition) is 2. The van der Waals surface area contributed by atoms with Gasteiger partial charge in [-0.05, 0) is 32.0 Å². The summed E-state index contributed by atoms with van der Waals surface area (Å²) < 4.78 is 18.9. The van der Waals surface area contributed by atoms with Crippen molar-refractivity contribution >= 4 is 11.7 Å². The smallest absolute Gasteiger partial charge is 0.197 e. The van der Waals surface area contributed by atoms with Crippen LogP contribution < -0.4 is 20.6 Å². The number of piperidine rings is 1. The number of hydrogen-bond acceptors (Lipinski definition) is 4. The Morgan fingerprint density at radius 3 is 2.93 bits per heavy atom. The summed E-state index contributed by atoms with van der Waals surface area (Å²) in [5.74, 6) is 1.04. The highest BCUT2D eigenvalue weighted by atomic mass is 19.1. The van der Waals surface area contributed by atoms with Crippen LogP contribution in [0, 0.1) is 5.82 Å². The second-order valence-corrected chi connectivity index (χ2v) is 7.13. The molecular weight excluding hydrogens is 347 g/mol. The Bertz CT molecular complexity index is 843. The Morgan fingerprint density at radius 2 is 2.15 bits per heavy atom.